The van der Waals surface area contributed by atoms with E-state index in [4.69, 9.17) is 0 Å². The molecule has 0 aromatic heterocycles. The van der Waals surface area contributed by atoms with Crippen LogP contribution in [-0.4, -0.2) is 5.91 Å². The molecule has 0 aliphatic rings. The Hall–Kier alpha value is -1.83. The van der Waals surface area contributed by atoms with Gasteiger partial charge in [-0.15, -0.1) is 0 Å². The zero-order valence-electron chi connectivity index (χ0n) is 8.36. The lowest BCUT2D eigenvalue weighted by molar-refractivity contribution is -0.113. The summed E-state index contributed by atoms with van der Waals surface area (Å²) in [6.45, 7) is 8.82. The number of hydrogen-bond acceptors (Lipinski definition) is 1. The Bertz CT molecular complexity index is 312. The molecule has 1 aromatic carbocycles. The summed E-state index contributed by atoms with van der Waals surface area (Å²) in [5, 5.41) is 0. The van der Waals surface area contributed by atoms with Crippen LogP contribution in [0.15, 0.2) is 43.5 Å². The maximum atomic E-state index is 9.47. The Labute approximate surface area is 84.7 Å². The van der Waals surface area contributed by atoms with E-state index in [1.807, 2.05) is 6.08 Å². The highest BCUT2D eigenvalue weighted by Crippen LogP contribution is 2.02. The Morgan fingerprint density at radius 1 is 1.29 bits per heavy atom. The molecular weight excluding hydrogens is 174 g/mol. The van der Waals surface area contributed by atoms with Gasteiger partial charge in [-0.25, -0.2) is 0 Å². The van der Waals surface area contributed by atoms with Crippen molar-refractivity contribution < 1.29 is 4.79 Å². The highest BCUT2D eigenvalue weighted by molar-refractivity contribution is 5.84. The fourth-order valence-corrected chi connectivity index (χ4v) is 0.703. The molecule has 0 radical (unpaired) electrons. The number of carbonyl (C=O) groups is 1. The Morgan fingerprint density at radius 2 is 1.71 bits per heavy atom. The average molecular weight is 189 g/mol. The molecule has 2 N–H and O–H groups in total. The van der Waals surface area contributed by atoms with Crippen LogP contribution in [0.1, 0.15) is 11.1 Å². The number of rotatable bonds is 2. The number of carbonyl (C=O) groups excluding carboxylic acids is 1. The van der Waals surface area contributed by atoms with Crippen molar-refractivity contribution in [3.8, 4) is 0 Å². The number of aryl methyl sites for hydroxylation is 1. The number of benzene rings is 1. The normalized spacial score (nSPS) is 8.07. The lowest BCUT2D eigenvalue weighted by Gasteiger charge is -1.91. The first-order valence-electron chi connectivity index (χ1n) is 4.21. The third kappa shape index (κ3) is 5.77. The molecule has 0 spiro atoms. The fourth-order valence-electron chi connectivity index (χ4n) is 0.703. The van der Waals surface area contributed by atoms with Gasteiger partial charge in [-0.1, -0.05) is 49.1 Å². The molecular formula is C12H15NO. The highest BCUT2D eigenvalue weighted by atomic mass is 16.1. The number of amides is 1. The van der Waals surface area contributed by atoms with Crippen LogP contribution in [0.5, 0.6) is 0 Å². The molecule has 0 aliphatic heterocycles. The van der Waals surface area contributed by atoms with Gasteiger partial charge in [0.1, 0.15) is 0 Å². The van der Waals surface area contributed by atoms with Crippen molar-refractivity contribution >= 4 is 12.0 Å². The van der Waals surface area contributed by atoms with E-state index in [-0.39, 0.29) is 0 Å². The first-order valence-corrected chi connectivity index (χ1v) is 4.21. The van der Waals surface area contributed by atoms with E-state index < -0.39 is 5.91 Å². The smallest absolute Gasteiger partial charge is 0.240 e. The van der Waals surface area contributed by atoms with Crippen molar-refractivity contribution in [2.24, 2.45) is 5.73 Å². The molecule has 0 saturated heterocycles. The van der Waals surface area contributed by atoms with Crippen LogP contribution in [0.3, 0.4) is 0 Å². The lowest BCUT2D eigenvalue weighted by atomic mass is 10.2. The second-order valence-electron chi connectivity index (χ2n) is 2.72. The Kier molecular flexibility index (Phi) is 5.79. The van der Waals surface area contributed by atoms with E-state index in [1.165, 1.54) is 11.1 Å². The van der Waals surface area contributed by atoms with Crippen LogP contribution >= 0.6 is 0 Å². The van der Waals surface area contributed by atoms with Gasteiger partial charge < -0.3 is 5.73 Å². The van der Waals surface area contributed by atoms with Crippen molar-refractivity contribution in [1.82, 2.24) is 0 Å². The van der Waals surface area contributed by atoms with Crippen molar-refractivity contribution in [2.75, 3.05) is 0 Å². The zero-order chi connectivity index (χ0) is 11.0. The minimum Gasteiger partial charge on any atom is -0.366 e. The van der Waals surface area contributed by atoms with Crippen LogP contribution in [-0.2, 0) is 4.79 Å². The Morgan fingerprint density at radius 3 is 2.00 bits per heavy atom. The summed E-state index contributed by atoms with van der Waals surface area (Å²) < 4.78 is 0. The quantitative estimate of drug-likeness (QED) is 0.713. The van der Waals surface area contributed by atoms with Gasteiger partial charge in [-0.05, 0) is 18.6 Å². The first-order chi connectivity index (χ1) is 6.60. The summed E-state index contributed by atoms with van der Waals surface area (Å²) in [7, 11) is 0. The van der Waals surface area contributed by atoms with E-state index in [0.717, 1.165) is 6.08 Å². The molecule has 0 unspecified atom stereocenters. The SMILES string of the molecule is C=CC(N)=O.C=Cc1ccc(C)cc1. The predicted octanol–water partition coefficient (Wildman–Crippen LogP) is 2.30. The van der Waals surface area contributed by atoms with E-state index in [9.17, 15) is 4.79 Å². The van der Waals surface area contributed by atoms with Crippen molar-refractivity contribution in [1.29, 1.82) is 0 Å². The van der Waals surface area contributed by atoms with Crippen LogP contribution in [0.4, 0.5) is 0 Å². The maximum Gasteiger partial charge on any atom is 0.240 e. The van der Waals surface area contributed by atoms with Gasteiger partial charge in [0, 0.05) is 0 Å². The molecule has 0 fully saturated rings. The minimum absolute atomic E-state index is 0.481. The van der Waals surface area contributed by atoms with Crippen LogP contribution in [0.25, 0.3) is 6.08 Å². The molecule has 2 nitrogen and oxygen atoms in total. The number of hydrogen-bond donors (Lipinski definition) is 1. The number of nitrogens with two attached hydrogens (primary N) is 1. The van der Waals surface area contributed by atoms with Gasteiger partial charge >= 0.3 is 0 Å². The van der Waals surface area contributed by atoms with E-state index >= 15 is 0 Å². The van der Waals surface area contributed by atoms with Crippen molar-refractivity contribution in [3.63, 3.8) is 0 Å². The van der Waals surface area contributed by atoms with Gasteiger partial charge in [0.25, 0.3) is 0 Å². The zero-order valence-corrected chi connectivity index (χ0v) is 8.36. The van der Waals surface area contributed by atoms with E-state index in [1.54, 1.807) is 0 Å². The van der Waals surface area contributed by atoms with Crippen LogP contribution < -0.4 is 5.73 Å². The molecule has 2 heteroatoms. The largest absolute Gasteiger partial charge is 0.366 e. The van der Waals surface area contributed by atoms with E-state index in [2.05, 4.69) is 50.1 Å². The minimum atomic E-state index is -0.481. The molecule has 0 saturated carbocycles. The number of primary amides is 1. The summed E-state index contributed by atoms with van der Waals surface area (Å²) in [6.07, 6.45) is 2.90. The molecule has 14 heavy (non-hydrogen) atoms. The molecule has 0 heterocycles. The fraction of sp³-hybridized carbons (Fsp3) is 0.0833. The van der Waals surface area contributed by atoms with Crippen molar-refractivity contribution in [2.45, 2.75) is 6.92 Å². The average Bonchev–Trinajstić information content (AvgIpc) is 2.20. The lowest BCUT2D eigenvalue weighted by Crippen LogP contribution is -2.04. The van der Waals surface area contributed by atoms with Gasteiger partial charge in [-0.3, -0.25) is 4.79 Å². The molecule has 0 bridgehead atoms. The third-order valence-electron chi connectivity index (χ3n) is 1.51. The highest BCUT2D eigenvalue weighted by Gasteiger charge is 1.82. The topological polar surface area (TPSA) is 43.1 Å². The standard InChI is InChI=1S/C9H10.C3H5NO/c1-3-9-6-4-8(2)5-7-9;1-2-3(4)5/h3-7H,1H2,2H3;2H,1H2,(H2,4,5). The first kappa shape index (κ1) is 12.2. The molecule has 1 rings (SSSR count). The van der Waals surface area contributed by atoms with Gasteiger partial charge in [0.15, 0.2) is 0 Å². The van der Waals surface area contributed by atoms with Gasteiger partial charge in [-0.2, -0.15) is 0 Å². The monoisotopic (exact) mass is 189 g/mol. The summed E-state index contributed by atoms with van der Waals surface area (Å²) in [5.74, 6) is -0.481. The molecule has 74 valence electrons. The maximum absolute atomic E-state index is 9.47. The predicted molar refractivity (Wildman–Crippen MR) is 60.7 cm³/mol. The van der Waals surface area contributed by atoms with Crippen LogP contribution in [0.2, 0.25) is 0 Å². The second-order valence-corrected chi connectivity index (χ2v) is 2.72. The molecule has 1 amide bonds. The second kappa shape index (κ2) is 6.66. The Balaban J connectivity index is 0.000000292. The molecule has 1 aromatic rings. The molecule has 0 aliphatic carbocycles. The summed E-state index contributed by atoms with van der Waals surface area (Å²) in [6, 6.07) is 8.28. The van der Waals surface area contributed by atoms with Gasteiger partial charge in [0.2, 0.25) is 5.91 Å². The summed E-state index contributed by atoms with van der Waals surface area (Å²) in [5.41, 5.74) is 7.01. The van der Waals surface area contributed by atoms with Crippen LogP contribution in [0, 0.1) is 6.92 Å². The van der Waals surface area contributed by atoms with E-state index in [0.29, 0.717) is 0 Å². The summed E-state index contributed by atoms with van der Waals surface area (Å²) in [4.78, 5) is 9.47. The molecule has 0 atom stereocenters. The summed E-state index contributed by atoms with van der Waals surface area (Å²) >= 11 is 0. The van der Waals surface area contributed by atoms with Gasteiger partial charge in [0.05, 0.1) is 0 Å². The van der Waals surface area contributed by atoms with Crippen molar-refractivity contribution in [3.05, 3.63) is 54.6 Å². The third-order valence-corrected chi connectivity index (χ3v) is 1.51.